The summed E-state index contributed by atoms with van der Waals surface area (Å²) in [6.07, 6.45) is -3.70. The lowest BCUT2D eigenvalue weighted by Gasteiger charge is -2.04. The van der Waals surface area contributed by atoms with Crippen LogP contribution in [0.5, 0.6) is 0 Å². The van der Waals surface area contributed by atoms with E-state index in [2.05, 4.69) is 5.10 Å². The summed E-state index contributed by atoms with van der Waals surface area (Å²) in [5.41, 5.74) is -0.276. The maximum absolute atomic E-state index is 12.1. The highest BCUT2D eigenvalue weighted by atomic mass is 19.4. The molecule has 0 fully saturated rings. The van der Waals surface area contributed by atoms with Crippen molar-refractivity contribution in [3.63, 3.8) is 0 Å². The fourth-order valence-corrected chi connectivity index (χ4v) is 1.12. The quantitative estimate of drug-likeness (QED) is 0.718. The number of nitrogens with zero attached hydrogens (tertiary/aromatic N) is 2. The monoisotopic (exact) mass is 220 g/mol. The SMILES string of the molecule is Cc1nn(C(C)C)cc1C(=O)C(F)(F)F. The second-order valence-corrected chi connectivity index (χ2v) is 3.53. The second-order valence-electron chi connectivity index (χ2n) is 3.53. The van der Waals surface area contributed by atoms with Crippen molar-refractivity contribution >= 4 is 5.78 Å². The van der Waals surface area contributed by atoms with Crippen molar-refractivity contribution in [2.75, 3.05) is 0 Å². The van der Waals surface area contributed by atoms with Crippen LogP contribution in [0.4, 0.5) is 13.2 Å². The number of Topliss-reactive ketones (excluding diaryl/α,β-unsaturated/α-hetero) is 1. The number of ketones is 1. The van der Waals surface area contributed by atoms with Crippen molar-refractivity contribution in [3.8, 4) is 0 Å². The Hall–Kier alpha value is -1.33. The summed E-state index contributed by atoms with van der Waals surface area (Å²) < 4.78 is 37.8. The summed E-state index contributed by atoms with van der Waals surface area (Å²) in [5, 5.41) is 3.84. The molecule has 0 bridgehead atoms. The van der Waals surface area contributed by atoms with Crippen LogP contribution >= 0.6 is 0 Å². The third-order valence-electron chi connectivity index (χ3n) is 1.95. The van der Waals surface area contributed by atoms with E-state index in [1.165, 1.54) is 11.6 Å². The van der Waals surface area contributed by atoms with Gasteiger partial charge >= 0.3 is 6.18 Å². The maximum Gasteiger partial charge on any atom is 0.454 e. The lowest BCUT2D eigenvalue weighted by Crippen LogP contribution is -2.23. The Kier molecular flexibility index (Phi) is 2.88. The predicted octanol–water partition coefficient (Wildman–Crippen LogP) is 2.52. The molecule has 0 aliphatic carbocycles. The molecule has 1 heterocycles. The molecule has 0 aliphatic rings. The van der Waals surface area contributed by atoms with Gasteiger partial charge in [-0.25, -0.2) is 0 Å². The summed E-state index contributed by atoms with van der Waals surface area (Å²) in [6, 6.07) is -0.0708. The number of rotatable bonds is 2. The van der Waals surface area contributed by atoms with E-state index in [0.717, 1.165) is 6.20 Å². The van der Waals surface area contributed by atoms with E-state index in [9.17, 15) is 18.0 Å². The minimum absolute atomic E-state index is 0.0708. The number of carbonyl (C=O) groups excluding carboxylic acids is 1. The van der Waals surface area contributed by atoms with E-state index in [-0.39, 0.29) is 17.3 Å². The zero-order valence-electron chi connectivity index (χ0n) is 8.59. The smallest absolute Gasteiger partial charge is 0.284 e. The minimum Gasteiger partial charge on any atom is -0.284 e. The van der Waals surface area contributed by atoms with E-state index in [4.69, 9.17) is 0 Å². The molecule has 0 spiro atoms. The zero-order valence-corrected chi connectivity index (χ0v) is 8.59. The van der Waals surface area contributed by atoms with E-state index in [0.29, 0.717) is 0 Å². The predicted molar refractivity (Wildman–Crippen MR) is 47.7 cm³/mol. The second kappa shape index (κ2) is 3.67. The fourth-order valence-electron chi connectivity index (χ4n) is 1.12. The number of hydrogen-bond acceptors (Lipinski definition) is 2. The van der Waals surface area contributed by atoms with Gasteiger partial charge in [-0.05, 0) is 20.8 Å². The van der Waals surface area contributed by atoms with Crippen LogP contribution in [-0.4, -0.2) is 21.7 Å². The number of carbonyl (C=O) groups is 1. The van der Waals surface area contributed by atoms with Crippen LogP contribution < -0.4 is 0 Å². The summed E-state index contributed by atoms with van der Waals surface area (Å²) in [7, 11) is 0. The number of aryl methyl sites for hydroxylation is 1. The molecule has 3 nitrogen and oxygen atoms in total. The summed E-state index contributed by atoms with van der Waals surface area (Å²) in [5.74, 6) is -1.84. The van der Waals surface area contributed by atoms with Gasteiger partial charge in [-0.1, -0.05) is 0 Å². The molecule has 0 saturated heterocycles. The van der Waals surface area contributed by atoms with Gasteiger partial charge in [0.05, 0.1) is 11.3 Å². The highest BCUT2D eigenvalue weighted by Crippen LogP contribution is 2.23. The maximum atomic E-state index is 12.1. The molecule has 84 valence electrons. The molecular weight excluding hydrogens is 209 g/mol. The first-order chi connectivity index (χ1) is 6.73. The van der Waals surface area contributed by atoms with Gasteiger partial charge in [-0.3, -0.25) is 9.48 Å². The Morgan fingerprint density at radius 1 is 1.47 bits per heavy atom. The molecule has 0 atom stereocenters. The van der Waals surface area contributed by atoms with Gasteiger partial charge in [0.15, 0.2) is 0 Å². The normalized spacial score (nSPS) is 12.2. The molecule has 1 aromatic heterocycles. The Morgan fingerprint density at radius 3 is 2.33 bits per heavy atom. The Morgan fingerprint density at radius 2 is 2.00 bits per heavy atom. The molecule has 15 heavy (non-hydrogen) atoms. The lowest BCUT2D eigenvalue weighted by molar-refractivity contribution is -0.0885. The standard InChI is InChI=1S/C9H11F3N2O/c1-5(2)14-4-7(6(3)13-14)8(15)9(10,11)12/h4-5H,1-3H3. The number of aromatic nitrogens is 2. The summed E-state index contributed by atoms with van der Waals surface area (Å²) in [6.45, 7) is 4.93. The first-order valence-corrected chi connectivity index (χ1v) is 4.40. The van der Waals surface area contributed by atoms with Crippen LogP contribution in [-0.2, 0) is 0 Å². The Labute approximate surface area is 84.9 Å². The minimum atomic E-state index is -4.84. The van der Waals surface area contributed by atoms with Crippen LogP contribution in [0.3, 0.4) is 0 Å². The molecule has 1 rings (SSSR count). The Bertz CT molecular complexity index is 379. The van der Waals surface area contributed by atoms with E-state index in [1.54, 1.807) is 13.8 Å². The van der Waals surface area contributed by atoms with Crippen molar-refractivity contribution in [1.29, 1.82) is 0 Å². The van der Waals surface area contributed by atoms with Gasteiger partial charge < -0.3 is 0 Å². The van der Waals surface area contributed by atoms with Crippen molar-refractivity contribution < 1.29 is 18.0 Å². The number of alkyl halides is 3. The third-order valence-corrected chi connectivity index (χ3v) is 1.95. The average Bonchev–Trinajstić information content (AvgIpc) is 2.44. The molecule has 0 amide bonds. The van der Waals surface area contributed by atoms with Crippen molar-refractivity contribution in [2.24, 2.45) is 0 Å². The first-order valence-electron chi connectivity index (χ1n) is 4.40. The Balaban J connectivity index is 3.11. The molecule has 6 heteroatoms. The molecular formula is C9H11F3N2O. The van der Waals surface area contributed by atoms with Gasteiger partial charge in [0.1, 0.15) is 0 Å². The third kappa shape index (κ3) is 2.37. The van der Waals surface area contributed by atoms with Crippen LogP contribution in [0, 0.1) is 6.92 Å². The van der Waals surface area contributed by atoms with Crippen molar-refractivity contribution in [1.82, 2.24) is 9.78 Å². The van der Waals surface area contributed by atoms with Crippen LogP contribution in [0.1, 0.15) is 35.9 Å². The molecule has 0 aliphatic heterocycles. The highest BCUT2D eigenvalue weighted by Gasteiger charge is 2.41. The average molecular weight is 220 g/mol. The first kappa shape index (κ1) is 11.7. The van der Waals surface area contributed by atoms with Crippen LogP contribution in [0.15, 0.2) is 6.20 Å². The van der Waals surface area contributed by atoms with Crippen molar-refractivity contribution in [2.45, 2.75) is 33.0 Å². The van der Waals surface area contributed by atoms with Crippen LogP contribution in [0.25, 0.3) is 0 Å². The molecule has 1 aromatic rings. The number of halogens is 3. The summed E-state index contributed by atoms with van der Waals surface area (Å²) in [4.78, 5) is 10.9. The van der Waals surface area contributed by atoms with Gasteiger partial charge in [-0.15, -0.1) is 0 Å². The van der Waals surface area contributed by atoms with Gasteiger partial charge in [0.2, 0.25) is 0 Å². The summed E-state index contributed by atoms with van der Waals surface area (Å²) >= 11 is 0. The van der Waals surface area contributed by atoms with E-state index in [1.807, 2.05) is 0 Å². The van der Waals surface area contributed by atoms with Gasteiger partial charge in [0, 0.05) is 12.2 Å². The van der Waals surface area contributed by atoms with E-state index >= 15 is 0 Å². The van der Waals surface area contributed by atoms with Gasteiger partial charge in [0.25, 0.3) is 5.78 Å². The van der Waals surface area contributed by atoms with Gasteiger partial charge in [-0.2, -0.15) is 18.3 Å². The van der Waals surface area contributed by atoms with Crippen molar-refractivity contribution in [3.05, 3.63) is 17.5 Å². The van der Waals surface area contributed by atoms with E-state index < -0.39 is 12.0 Å². The lowest BCUT2D eigenvalue weighted by atomic mass is 10.2. The molecule has 0 N–H and O–H groups in total. The zero-order chi connectivity index (χ0) is 11.8. The molecule has 0 aromatic carbocycles. The molecule has 0 radical (unpaired) electrons. The topological polar surface area (TPSA) is 34.9 Å². The molecule has 0 saturated carbocycles. The number of hydrogen-bond donors (Lipinski definition) is 0. The largest absolute Gasteiger partial charge is 0.454 e. The highest BCUT2D eigenvalue weighted by molar-refractivity contribution is 6.00. The fraction of sp³-hybridized carbons (Fsp3) is 0.556. The van der Waals surface area contributed by atoms with Crippen LogP contribution in [0.2, 0.25) is 0 Å². The molecule has 0 unspecified atom stereocenters.